The minimum Gasteiger partial charge on any atom is -0.472 e. The topological polar surface area (TPSA) is 79.1 Å². The number of nitrogens with zero attached hydrogens (tertiary/aromatic N) is 4. The van der Waals surface area contributed by atoms with Gasteiger partial charge in [-0.3, -0.25) is 0 Å². The Kier molecular flexibility index (Phi) is 4.39. The van der Waals surface area contributed by atoms with Gasteiger partial charge in [-0.2, -0.15) is 15.0 Å². The number of nitrogens with one attached hydrogen (secondary N) is 2. The number of anilines is 3. The summed E-state index contributed by atoms with van der Waals surface area (Å²) in [4.78, 5) is 14.9. The van der Waals surface area contributed by atoms with E-state index in [0.717, 1.165) is 17.7 Å². The quantitative estimate of drug-likeness (QED) is 0.834. The lowest BCUT2D eigenvalue weighted by Crippen LogP contribution is -2.17. The molecule has 7 heteroatoms. The van der Waals surface area contributed by atoms with Crippen molar-refractivity contribution in [3.63, 3.8) is 0 Å². The molecule has 0 saturated carbocycles. The van der Waals surface area contributed by atoms with Gasteiger partial charge in [-0.25, -0.2) is 0 Å². The largest absolute Gasteiger partial charge is 0.472 e. The van der Waals surface area contributed by atoms with E-state index in [1.165, 1.54) is 0 Å². The van der Waals surface area contributed by atoms with Crippen molar-refractivity contribution in [1.29, 1.82) is 0 Å². The molecule has 2 heterocycles. The molecule has 0 aliphatic rings. The van der Waals surface area contributed by atoms with Gasteiger partial charge in [0.15, 0.2) is 0 Å². The standard InChI is InChI=1S/C13H20N6O/c1-5-14-11-16-12(18-13(17-11)19(3)4)15-6-10-8-20-7-9(10)2/h7-8H,5-6H2,1-4H3,(H2,14,15,16,17,18). The van der Waals surface area contributed by atoms with Crippen LogP contribution in [-0.2, 0) is 6.54 Å². The minimum atomic E-state index is 0.542. The van der Waals surface area contributed by atoms with Crippen molar-refractivity contribution < 1.29 is 4.42 Å². The van der Waals surface area contributed by atoms with Crippen molar-refractivity contribution in [3.8, 4) is 0 Å². The number of aromatic nitrogens is 3. The highest BCUT2D eigenvalue weighted by Gasteiger charge is 2.08. The molecule has 0 amide bonds. The number of aryl methyl sites for hydroxylation is 1. The molecule has 0 aliphatic carbocycles. The van der Waals surface area contributed by atoms with Crippen LogP contribution in [0.1, 0.15) is 18.1 Å². The lowest BCUT2D eigenvalue weighted by atomic mass is 10.2. The Balaban J connectivity index is 2.15. The molecule has 2 N–H and O–H groups in total. The minimum absolute atomic E-state index is 0.542. The second kappa shape index (κ2) is 6.23. The van der Waals surface area contributed by atoms with Crippen LogP contribution >= 0.6 is 0 Å². The first kappa shape index (κ1) is 14.1. The summed E-state index contributed by atoms with van der Waals surface area (Å²) in [5.41, 5.74) is 2.19. The summed E-state index contributed by atoms with van der Waals surface area (Å²) >= 11 is 0. The SMILES string of the molecule is CCNc1nc(NCc2cocc2C)nc(N(C)C)n1. The van der Waals surface area contributed by atoms with Gasteiger partial charge in [0.25, 0.3) is 0 Å². The summed E-state index contributed by atoms with van der Waals surface area (Å²) < 4.78 is 5.14. The average molecular weight is 276 g/mol. The van der Waals surface area contributed by atoms with Crippen LogP contribution in [0.15, 0.2) is 16.9 Å². The maximum atomic E-state index is 5.14. The Morgan fingerprint density at radius 3 is 2.35 bits per heavy atom. The highest BCUT2D eigenvalue weighted by molar-refractivity contribution is 5.43. The van der Waals surface area contributed by atoms with Gasteiger partial charge in [0.2, 0.25) is 17.8 Å². The molecule has 20 heavy (non-hydrogen) atoms. The van der Waals surface area contributed by atoms with Crippen LogP contribution in [0.3, 0.4) is 0 Å². The molecular weight excluding hydrogens is 256 g/mol. The van der Waals surface area contributed by atoms with E-state index >= 15 is 0 Å². The molecule has 2 rings (SSSR count). The second-order valence-electron chi connectivity index (χ2n) is 4.64. The highest BCUT2D eigenvalue weighted by Crippen LogP contribution is 2.14. The van der Waals surface area contributed by atoms with Gasteiger partial charge in [-0.1, -0.05) is 0 Å². The molecule has 0 spiro atoms. The number of furan rings is 1. The van der Waals surface area contributed by atoms with Crippen LogP contribution in [0.2, 0.25) is 0 Å². The van der Waals surface area contributed by atoms with Crippen molar-refractivity contribution in [2.75, 3.05) is 36.2 Å². The molecule has 0 fully saturated rings. The molecule has 0 unspecified atom stereocenters. The number of hydrogen-bond donors (Lipinski definition) is 2. The third-order valence-electron chi connectivity index (χ3n) is 2.76. The van der Waals surface area contributed by atoms with Crippen molar-refractivity contribution in [1.82, 2.24) is 15.0 Å². The molecule has 7 nitrogen and oxygen atoms in total. The molecule has 0 aliphatic heterocycles. The summed E-state index contributed by atoms with van der Waals surface area (Å²) in [6, 6.07) is 0. The molecule has 2 aromatic heterocycles. The molecule has 0 bridgehead atoms. The maximum absolute atomic E-state index is 5.14. The van der Waals surface area contributed by atoms with E-state index in [1.54, 1.807) is 12.5 Å². The summed E-state index contributed by atoms with van der Waals surface area (Å²) in [6.45, 7) is 5.38. The number of hydrogen-bond acceptors (Lipinski definition) is 7. The third-order valence-corrected chi connectivity index (χ3v) is 2.76. The molecule has 2 aromatic rings. The molecule has 0 aromatic carbocycles. The van der Waals surface area contributed by atoms with Crippen molar-refractivity contribution in [2.45, 2.75) is 20.4 Å². The van der Waals surface area contributed by atoms with Crippen LogP contribution in [0.4, 0.5) is 17.8 Å². The normalized spacial score (nSPS) is 10.4. The molecular formula is C13H20N6O. The first-order valence-electron chi connectivity index (χ1n) is 6.53. The van der Waals surface area contributed by atoms with Crippen molar-refractivity contribution >= 4 is 17.8 Å². The lowest BCUT2D eigenvalue weighted by Gasteiger charge is -2.13. The van der Waals surface area contributed by atoms with E-state index in [1.807, 2.05) is 32.8 Å². The summed E-state index contributed by atoms with van der Waals surface area (Å²) in [6.07, 6.45) is 3.45. The Labute approximate surface area is 118 Å². The first-order valence-corrected chi connectivity index (χ1v) is 6.53. The van der Waals surface area contributed by atoms with Crippen LogP contribution < -0.4 is 15.5 Å². The van der Waals surface area contributed by atoms with Crippen molar-refractivity contribution in [3.05, 3.63) is 23.7 Å². The van der Waals surface area contributed by atoms with E-state index in [2.05, 4.69) is 25.6 Å². The van der Waals surface area contributed by atoms with Crippen LogP contribution in [0, 0.1) is 6.92 Å². The zero-order valence-corrected chi connectivity index (χ0v) is 12.3. The van der Waals surface area contributed by atoms with Gasteiger partial charge in [-0.15, -0.1) is 0 Å². The highest BCUT2D eigenvalue weighted by atomic mass is 16.3. The van der Waals surface area contributed by atoms with E-state index in [0.29, 0.717) is 24.4 Å². The van der Waals surface area contributed by atoms with Crippen LogP contribution in [0.25, 0.3) is 0 Å². The van der Waals surface area contributed by atoms with Gasteiger partial charge < -0.3 is 20.0 Å². The van der Waals surface area contributed by atoms with Crippen LogP contribution in [0.5, 0.6) is 0 Å². The van der Waals surface area contributed by atoms with E-state index in [-0.39, 0.29) is 0 Å². The fourth-order valence-electron chi connectivity index (χ4n) is 1.62. The smallest absolute Gasteiger partial charge is 0.231 e. The third kappa shape index (κ3) is 3.37. The monoisotopic (exact) mass is 276 g/mol. The van der Waals surface area contributed by atoms with Crippen LogP contribution in [-0.4, -0.2) is 35.6 Å². The molecule has 0 atom stereocenters. The second-order valence-corrected chi connectivity index (χ2v) is 4.64. The van der Waals surface area contributed by atoms with E-state index < -0.39 is 0 Å². The van der Waals surface area contributed by atoms with E-state index in [9.17, 15) is 0 Å². The first-order chi connectivity index (χ1) is 9.60. The predicted molar refractivity (Wildman–Crippen MR) is 79.1 cm³/mol. The van der Waals surface area contributed by atoms with Gasteiger partial charge in [-0.05, 0) is 19.4 Å². The Hall–Kier alpha value is -2.31. The fraction of sp³-hybridized carbons (Fsp3) is 0.462. The van der Waals surface area contributed by atoms with Gasteiger partial charge in [0.05, 0.1) is 12.5 Å². The van der Waals surface area contributed by atoms with Crippen molar-refractivity contribution in [2.24, 2.45) is 0 Å². The average Bonchev–Trinajstić information content (AvgIpc) is 2.82. The predicted octanol–water partition coefficient (Wildman–Crippen LogP) is 1.88. The Bertz CT molecular complexity index is 566. The van der Waals surface area contributed by atoms with Gasteiger partial charge in [0.1, 0.15) is 0 Å². The molecule has 0 radical (unpaired) electrons. The molecule has 0 saturated heterocycles. The van der Waals surface area contributed by atoms with E-state index in [4.69, 9.17) is 4.42 Å². The zero-order valence-electron chi connectivity index (χ0n) is 12.3. The summed E-state index contributed by atoms with van der Waals surface area (Å²) in [7, 11) is 3.80. The maximum Gasteiger partial charge on any atom is 0.231 e. The van der Waals surface area contributed by atoms with Gasteiger partial charge >= 0.3 is 0 Å². The summed E-state index contributed by atoms with van der Waals surface area (Å²) in [5.74, 6) is 1.72. The Morgan fingerprint density at radius 1 is 1.10 bits per heavy atom. The van der Waals surface area contributed by atoms with Gasteiger partial charge in [0, 0.05) is 32.7 Å². The Morgan fingerprint density at radius 2 is 1.80 bits per heavy atom. The fourth-order valence-corrected chi connectivity index (χ4v) is 1.62. The number of rotatable bonds is 6. The zero-order chi connectivity index (χ0) is 14.5. The lowest BCUT2D eigenvalue weighted by molar-refractivity contribution is 0.563. The summed E-state index contributed by atoms with van der Waals surface area (Å²) in [5, 5.41) is 6.29. The molecule has 108 valence electrons.